The fraction of sp³-hybridized carbons (Fsp3) is 0.300. The first-order chi connectivity index (χ1) is 13.2. The molecule has 0 spiro atoms. The quantitative estimate of drug-likeness (QED) is 0.651. The Labute approximate surface area is 165 Å². The molecule has 1 N–H and O–H groups in total. The molecule has 1 aromatic heterocycles. The number of hydrogen-bond acceptors (Lipinski definition) is 3. The van der Waals surface area contributed by atoms with E-state index in [2.05, 4.69) is 16.9 Å². The Morgan fingerprint density at radius 2 is 1.96 bits per heavy atom. The zero-order valence-electron chi connectivity index (χ0n) is 14.9. The van der Waals surface area contributed by atoms with E-state index in [1.165, 1.54) is 6.07 Å². The summed E-state index contributed by atoms with van der Waals surface area (Å²) in [6.45, 7) is 2.83. The Morgan fingerprint density at radius 3 is 2.57 bits per heavy atom. The van der Waals surface area contributed by atoms with E-state index in [-0.39, 0.29) is 11.4 Å². The van der Waals surface area contributed by atoms with Crippen LogP contribution in [0.3, 0.4) is 0 Å². The highest BCUT2D eigenvalue weighted by Gasteiger charge is 2.29. The fourth-order valence-corrected chi connectivity index (χ4v) is 2.74. The number of hydrogen-bond donors (Lipinski definition) is 1. The van der Waals surface area contributed by atoms with Crippen LogP contribution in [-0.2, 0) is 0 Å². The molecule has 1 saturated carbocycles. The van der Waals surface area contributed by atoms with Gasteiger partial charge in [-0.15, -0.1) is 0 Å². The van der Waals surface area contributed by atoms with E-state index in [9.17, 15) is 18.0 Å². The van der Waals surface area contributed by atoms with Gasteiger partial charge in [0.2, 0.25) is 0 Å². The molecule has 0 atom stereocenters. The fourth-order valence-electron chi connectivity index (χ4n) is 2.62. The molecule has 0 aliphatic heterocycles. The molecular formula is C20H18ClF3N2O2. The first-order valence-electron chi connectivity index (χ1n) is 8.64. The van der Waals surface area contributed by atoms with Crippen LogP contribution in [0, 0.1) is 5.92 Å². The van der Waals surface area contributed by atoms with E-state index < -0.39 is 18.7 Å². The Kier molecular flexibility index (Phi) is 5.93. The summed E-state index contributed by atoms with van der Waals surface area (Å²) in [4.78, 5) is 16.4. The van der Waals surface area contributed by atoms with E-state index in [1.807, 2.05) is 0 Å². The van der Waals surface area contributed by atoms with Crippen LogP contribution in [0.5, 0.6) is 5.75 Å². The molecule has 0 unspecified atom stereocenters. The summed E-state index contributed by atoms with van der Waals surface area (Å²) in [5, 5.41) is 3.22. The van der Waals surface area contributed by atoms with Crippen molar-refractivity contribution < 1.29 is 22.7 Å². The van der Waals surface area contributed by atoms with Gasteiger partial charge >= 0.3 is 6.18 Å². The molecule has 0 radical (unpaired) electrons. The Morgan fingerprint density at radius 1 is 1.29 bits per heavy atom. The van der Waals surface area contributed by atoms with Gasteiger partial charge in [0.1, 0.15) is 11.4 Å². The first kappa shape index (κ1) is 20.2. The molecule has 0 bridgehead atoms. The van der Waals surface area contributed by atoms with Crippen LogP contribution in [0.2, 0.25) is 5.02 Å². The van der Waals surface area contributed by atoms with Gasteiger partial charge in [-0.05, 0) is 42.5 Å². The van der Waals surface area contributed by atoms with Crippen LogP contribution < -0.4 is 10.1 Å². The van der Waals surface area contributed by atoms with E-state index in [1.54, 1.807) is 24.3 Å². The second-order valence-electron chi connectivity index (χ2n) is 6.59. The van der Waals surface area contributed by atoms with Crippen molar-refractivity contribution in [2.75, 3.05) is 13.2 Å². The lowest BCUT2D eigenvalue weighted by Gasteiger charge is -2.14. The molecule has 28 heavy (non-hydrogen) atoms. The lowest BCUT2D eigenvalue weighted by atomic mass is 10.0. The second-order valence-corrected chi connectivity index (χ2v) is 7.03. The van der Waals surface area contributed by atoms with Crippen molar-refractivity contribution in [1.82, 2.24) is 10.3 Å². The number of carbonyl (C=O) groups is 1. The molecule has 8 heteroatoms. The largest absolute Gasteiger partial charge is 0.482 e. The lowest BCUT2D eigenvalue weighted by Crippen LogP contribution is -2.27. The van der Waals surface area contributed by atoms with Crippen LogP contribution in [-0.4, -0.2) is 30.2 Å². The normalized spacial score (nSPS) is 13.9. The van der Waals surface area contributed by atoms with E-state index in [0.29, 0.717) is 28.6 Å². The van der Waals surface area contributed by atoms with Crippen molar-refractivity contribution in [2.45, 2.75) is 19.0 Å². The van der Waals surface area contributed by atoms with Crippen LogP contribution >= 0.6 is 11.6 Å². The maximum atomic E-state index is 12.5. The van der Waals surface area contributed by atoms with E-state index in [4.69, 9.17) is 16.3 Å². The predicted octanol–water partition coefficient (Wildman–Crippen LogP) is 5.04. The minimum absolute atomic E-state index is 0.0708. The zero-order chi connectivity index (χ0) is 20.3. The van der Waals surface area contributed by atoms with Crippen molar-refractivity contribution in [1.29, 1.82) is 0 Å². The smallest absolute Gasteiger partial charge is 0.422 e. The maximum absolute atomic E-state index is 12.5. The van der Waals surface area contributed by atoms with Gasteiger partial charge in [-0.1, -0.05) is 35.9 Å². The average Bonchev–Trinajstić information content (AvgIpc) is 3.49. The average molecular weight is 411 g/mol. The predicted molar refractivity (Wildman–Crippen MR) is 100 cm³/mol. The van der Waals surface area contributed by atoms with Gasteiger partial charge in [-0.25, -0.2) is 4.98 Å². The molecule has 4 nitrogen and oxygen atoms in total. The molecule has 1 fully saturated rings. The number of carbonyl (C=O) groups excluding carboxylic acids is 1. The van der Waals surface area contributed by atoms with E-state index in [0.717, 1.165) is 24.6 Å². The van der Waals surface area contributed by atoms with Gasteiger partial charge in [0.05, 0.1) is 6.20 Å². The number of nitrogens with zero attached hydrogens (tertiary/aromatic N) is 1. The van der Waals surface area contributed by atoms with Gasteiger partial charge in [-0.2, -0.15) is 13.2 Å². The summed E-state index contributed by atoms with van der Waals surface area (Å²) in [5.41, 5.74) is 1.91. The van der Waals surface area contributed by atoms with Gasteiger partial charge in [0.15, 0.2) is 6.61 Å². The van der Waals surface area contributed by atoms with Crippen molar-refractivity contribution in [2.24, 2.45) is 5.92 Å². The number of aromatic nitrogens is 1. The summed E-state index contributed by atoms with van der Waals surface area (Å²) in [5.74, 6) is -0.0472. The van der Waals surface area contributed by atoms with Crippen molar-refractivity contribution >= 4 is 17.5 Å². The third kappa shape index (κ3) is 5.48. The Hall–Kier alpha value is -2.54. The molecule has 1 heterocycles. The number of pyridine rings is 1. The number of rotatable bonds is 7. The summed E-state index contributed by atoms with van der Waals surface area (Å²) in [7, 11) is 0. The number of ether oxygens (including phenoxy) is 1. The minimum Gasteiger partial charge on any atom is -0.482 e. The number of nitrogens with one attached hydrogen (secondary N) is 1. The Balaban J connectivity index is 1.83. The number of alkyl halides is 3. The molecule has 1 aliphatic carbocycles. The second kappa shape index (κ2) is 8.22. The maximum Gasteiger partial charge on any atom is 0.422 e. The highest BCUT2D eigenvalue weighted by Crippen LogP contribution is 2.35. The number of benzene rings is 1. The molecule has 1 amide bonds. The summed E-state index contributed by atoms with van der Waals surface area (Å²) in [6, 6.07) is 7.88. The zero-order valence-corrected chi connectivity index (χ0v) is 15.6. The molecule has 2 aromatic rings. The SMILES string of the molecule is C=C(CNC(=O)c1cc(-c2ccc(Cl)cc2)c(OCC(F)(F)F)cn1)C1CC1. The Bertz CT molecular complexity index is 878. The third-order valence-corrected chi connectivity index (χ3v) is 4.53. The van der Waals surface area contributed by atoms with Gasteiger partial charge in [-0.3, -0.25) is 4.79 Å². The standard InChI is InChI=1S/C20H18ClF3N2O2/c1-12(13-2-3-13)9-26-19(27)17-8-16(14-4-6-15(21)7-5-14)18(10-25-17)28-11-20(22,23)24/h4-8,10,13H,1-3,9,11H2,(H,26,27). The van der Waals surface area contributed by atoms with E-state index >= 15 is 0 Å². The molecule has 148 valence electrons. The molecule has 0 saturated heterocycles. The van der Waals surface area contributed by atoms with Crippen molar-refractivity contribution in [3.05, 3.63) is 59.4 Å². The van der Waals surface area contributed by atoms with Gasteiger partial charge in [0, 0.05) is 17.1 Å². The van der Waals surface area contributed by atoms with Crippen LogP contribution in [0.25, 0.3) is 11.1 Å². The molecular weight excluding hydrogens is 393 g/mol. The summed E-state index contributed by atoms with van der Waals surface area (Å²) >= 11 is 5.88. The van der Waals surface area contributed by atoms with Crippen LogP contribution in [0.1, 0.15) is 23.3 Å². The first-order valence-corrected chi connectivity index (χ1v) is 9.02. The lowest BCUT2D eigenvalue weighted by molar-refractivity contribution is -0.153. The van der Waals surface area contributed by atoms with Gasteiger partial charge < -0.3 is 10.1 Å². The summed E-state index contributed by atoms with van der Waals surface area (Å²) < 4.78 is 42.5. The topological polar surface area (TPSA) is 51.2 Å². The van der Waals surface area contributed by atoms with Crippen LogP contribution in [0.15, 0.2) is 48.7 Å². The number of halogens is 4. The summed E-state index contributed by atoms with van der Waals surface area (Å²) in [6.07, 6.45) is -1.20. The van der Waals surface area contributed by atoms with Crippen molar-refractivity contribution in [3.8, 4) is 16.9 Å². The molecule has 1 aliphatic rings. The monoisotopic (exact) mass is 410 g/mol. The number of amides is 1. The highest BCUT2D eigenvalue weighted by atomic mass is 35.5. The van der Waals surface area contributed by atoms with Crippen LogP contribution in [0.4, 0.5) is 13.2 Å². The highest BCUT2D eigenvalue weighted by molar-refractivity contribution is 6.30. The molecule has 1 aromatic carbocycles. The van der Waals surface area contributed by atoms with Crippen molar-refractivity contribution in [3.63, 3.8) is 0 Å². The third-order valence-electron chi connectivity index (χ3n) is 4.28. The molecule has 3 rings (SSSR count). The minimum atomic E-state index is -4.49. The van der Waals surface area contributed by atoms with Gasteiger partial charge in [0.25, 0.3) is 5.91 Å².